The van der Waals surface area contributed by atoms with E-state index in [0.717, 1.165) is 5.56 Å². The molecule has 24 heavy (non-hydrogen) atoms. The van der Waals surface area contributed by atoms with E-state index in [1.807, 2.05) is 19.1 Å². The summed E-state index contributed by atoms with van der Waals surface area (Å²) in [5, 5.41) is 2.76. The summed E-state index contributed by atoms with van der Waals surface area (Å²) in [6.07, 6.45) is -0.700. The van der Waals surface area contributed by atoms with Crippen LogP contribution in [0.25, 0.3) is 0 Å². The lowest BCUT2D eigenvalue weighted by Crippen LogP contribution is -2.30. The third kappa shape index (κ3) is 4.35. The smallest absolute Gasteiger partial charge is 0.265 e. The summed E-state index contributed by atoms with van der Waals surface area (Å²) >= 11 is 0. The van der Waals surface area contributed by atoms with Crippen molar-refractivity contribution >= 4 is 17.4 Å². The minimum atomic E-state index is -0.700. The van der Waals surface area contributed by atoms with Crippen LogP contribution >= 0.6 is 0 Å². The van der Waals surface area contributed by atoms with Crippen molar-refractivity contribution in [1.82, 2.24) is 0 Å². The molecule has 0 aromatic heterocycles. The lowest BCUT2D eigenvalue weighted by atomic mass is 10.1. The number of aryl methyl sites for hydroxylation is 1. The number of amides is 1. The third-order valence-corrected chi connectivity index (χ3v) is 3.55. The van der Waals surface area contributed by atoms with Gasteiger partial charge in [0.25, 0.3) is 5.91 Å². The quantitative estimate of drug-likeness (QED) is 0.823. The summed E-state index contributed by atoms with van der Waals surface area (Å²) in [4.78, 5) is 23.5. The van der Waals surface area contributed by atoms with Gasteiger partial charge in [0.1, 0.15) is 0 Å². The van der Waals surface area contributed by atoms with E-state index in [0.29, 0.717) is 22.7 Å². The number of Topliss-reactive ketones (excluding diaryl/α,β-unsaturated/α-hetero) is 1. The number of rotatable bonds is 6. The first-order chi connectivity index (χ1) is 11.4. The van der Waals surface area contributed by atoms with Gasteiger partial charge in [-0.3, -0.25) is 9.59 Å². The number of carbonyl (C=O) groups excluding carboxylic acids is 2. The molecule has 1 atom stereocenters. The molecule has 5 nitrogen and oxygen atoms in total. The number of nitrogens with one attached hydrogen (secondary N) is 1. The van der Waals surface area contributed by atoms with Gasteiger partial charge in [-0.05, 0) is 62.7 Å². The average molecular weight is 327 g/mol. The van der Waals surface area contributed by atoms with Crippen LogP contribution in [0.5, 0.6) is 11.5 Å². The highest BCUT2D eigenvalue weighted by atomic mass is 16.5. The summed E-state index contributed by atoms with van der Waals surface area (Å²) in [7, 11) is 1.56. The molecule has 2 aromatic rings. The van der Waals surface area contributed by atoms with Crippen molar-refractivity contribution in [3.8, 4) is 11.5 Å². The lowest BCUT2D eigenvalue weighted by molar-refractivity contribution is -0.122. The van der Waals surface area contributed by atoms with E-state index in [1.54, 1.807) is 44.4 Å². The molecular weight excluding hydrogens is 306 g/mol. The third-order valence-electron chi connectivity index (χ3n) is 3.55. The number of methoxy groups -OCH3 is 1. The predicted octanol–water partition coefficient (Wildman–Crippen LogP) is 3.61. The van der Waals surface area contributed by atoms with E-state index in [4.69, 9.17) is 9.47 Å². The molecule has 0 spiro atoms. The summed E-state index contributed by atoms with van der Waals surface area (Å²) in [5.41, 5.74) is 2.25. The van der Waals surface area contributed by atoms with Crippen LogP contribution in [0.15, 0.2) is 42.5 Å². The Kier molecular flexibility index (Phi) is 5.58. The number of ether oxygens (including phenoxy) is 2. The van der Waals surface area contributed by atoms with Gasteiger partial charge in [-0.2, -0.15) is 0 Å². The second-order valence-corrected chi connectivity index (χ2v) is 5.54. The van der Waals surface area contributed by atoms with E-state index in [-0.39, 0.29) is 11.7 Å². The molecule has 2 rings (SSSR count). The normalized spacial score (nSPS) is 11.5. The molecule has 2 aromatic carbocycles. The van der Waals surface area contributed by atoms with Gasteiger partial charge < -0.3 is 14.8 Å². The predicted molar refractivity (Wildman–Crippen MR) is 92.9 cm³/mol. The van der Waals surface area contributed by atoms with Gasteiger partial charge in [0.05, 0.1) is 7.11 Å². The molecular formula is C19H21NO4. The average Bonchev–Trinajstić information content (AvgIpc) is 2.56. The zero-order chi connectivity index (χ0) is 17.7. The zero-order valence-corrected chi connectivity index (χ0v) is 14.3. The molecule has 5 heteroatoms. The summed E-state index contributed by atoms with van der Waals surface area (Å²) in [6, 6.07) is 12.2. The van der Waals surface area contributed by atoms with Gasteiger partial charge in [0.15, 0.2) is 23.4 Å². The maximum absolute atomic E-state index is 12.3. The van der Waals surface area contributed by atoms with Gasteiger partial charge in [0, 0.05) is 11.3 Å². The minimum Gasteiger partial charge on any atom is -0.493 e. The molecule has 0 aliphatic heterocycles. The maximum atomic E-state index is 12.3. The standard InChI is InChI=1S/C19H21NO4/c1-12-5-10-17(18(11-12)23-4)24-14(3)19(22)20-16-8-6-15(7-9-16)13(2)21/h5-11,14H,1-4H3,(H,20,22). The molecule has 1 amide bonds. The Bertz CT molecular complexity index is 738. The van der Waals surface area contributed by atoms with Crippen LogP contribution in [0.4, 0.5) is 5.69 Å². The van der Waals surface area contributed by atoms with Crippen molar-refractivity contribution in [3.63, 3.8) is 0 Å². The molecule has 1 N–H and O–H groups in total. The Hall–Kier alpha value is -2.82. The van der Waals surface area contributed by atoms with E-state index >= 15 is 0 Å². The van der Waals surface area contributed by atoms with Crippen molar-refractivity contribution in [2.24, 2.45) is 0 Å². The summed E-state index contributed by atoms with van der Waals surface area (Å²) < 4.78 is 11.0. The fourth-order valence-electron chi connectivity index (χ4n) is 2.15. The molecule has 0 aliphatic rings. The molecule has 0 fully saturated rings. The summed E-state index contributed by atoms with van der Waals surface area (Å²) in [5.74, 6) is 0.794. The minimum absolute atomic E-state index is 0.0176. The SMILES string of the molecule is COc1cc(C)ccc1OC(C)C(=O)Nc1ccc(C(C)=O)cc1. The molecule has 0 radical (unpaired) electrons. The number of carbonyl (C=O) groups is 2. The molecule has 0 saturated heterocycles. The van der Waals surface area contributed by atoms with E-state index in [1.165, 1.54) is 6.92 Å². The Morgan fingerprint density at radius 1 is 1.04 bits per heavy atom. The fraction of sp³-hybridized carbons (Fsp3) is 0.263. The molecule has 0 heterocycles. The van der Waals surface area contributed by atoms with Crippen LogP contribution in [0.3, 0.4) is 0 Å². The van der Waals surface area contributed by atoms with Crippen LogP contribution < -0.4 is 14.8 Å². The topological polar surface area (TPSA) is 64.6 Å². The first-order valence-corrected chi connectivity index (χ1v) is 7.64. The van der Waals surface area contributed by atoms with Gasteiger partial charge in [-0.25, -0.2) is 0 Å². The van der Waals surface area contributed by atoms with E-state index in [2.05, 4.69) is 5.32 Å². The maximum Gasteiger partial charge on any atom is 0.265 e. The first-order valence-electron chi connectivity index (χ1n) is 7.64. The largest absolute Gasteiger partial charge is 0.493 e. The Balaban J connectivity index is 2.03. The Labute approximate surface area is 141 Å². The van der Waals surface area contributed by atoms with Gasteiger partial charge in [0.2, 0.25) is 0 Å². The lowest BCUT2D eigenvalue weighted by Gasteiger charge is -2.17. The van der Waals surface area contributed by atoms with Crippen molar-refractivity contribution < 1.29 is 19.1 Å². The molecule has 0 aliphatic carbocycles. The second-order valence-electron chi connectivity index (χ2n) is 5.54. The van der Waals surface area contributed by atoms with Crippen LogP contribution in [0.2, 0.25) is 0 Å². The zero-order valence-electron chi connectivity index (χ0n) is 14.3. The summed E-state index contributed by atoms with van der Waals surface area (Å²) in [6.45, 7) is 5.12. The highest BCUT2D eigenvalue weighted by molar-refractivity contribution is 5.96. The molecule has 126 valence electrons. The van der Waals surface area contributed by atoms with Crippen LogP contribution in [0, 0.1) is 6.92 Å². The van der Waals surface area contributed by atoms with Gasteiger partial charge in [-0.1, -0.05) is 6.07 Å². The fourth-order valence-corrected chi connectivity index (χ4v) is 2.15. The number of hydrogen-bond acceptors (Lipinski definition) is 4. The highest BCUT2D eigenvalue weighted by Gasteiger charge is 2.17. The second kappa shape index (κ2) is 7.64. The van der Waals surface area contributed by atoms with Crippen LogP contribution in [0.1, 0.15) is 29.8 Å². The van der Waals surface area contributed by atoms with Crippen molar-refractivity contribution in [2.45, 2.75) is 26.9 Å². The van der Waals surface area contributed by atoms with Crippen molar-refractivity contribution in [3.05, 3.63) is 53.6 Å². The Morgan fingerprint density at radius 2 is 1.71 bits per heavy atom. The molecule has 1 unspecified atom stereocenters. The van der Waals surface area contributed by atoms with Crippen LogP contribution in [-0.4, -0.2) is 24.9 Å². The number of hydrogen-bond donors (Lipinski definition) is 1. The monoisotopic (exact) mass is 327 g/mol. The van der Waals surface area contributed by atoms with Gasteiger partial charge in [-0.15, -0.1) is 0 Å². The van der Waals surface area contributed by atoms with Crippen molar-refractivity contribution in [2.75, 3.05) is 12.4 Å². The number of ketones is 1. The van der Waals surface area contributed by atoms with Gasteiger partial charge >= 0.3 is 0 Å². The number of benzene rings is 2. The first kappa shape index (κ1) is 17.5. The molecule has 0 bridgehead atoms. The van der Waals surface area contributed by atoms with E-state index < -0.39 is 6.10 Å². The van der Waals surface area contributed by atoms with E-state index in [9.17, 15) is 9.59 Å². The molecule has 0 saturated carbocycles. The highest BCUT2D eigenvalue weighted by Crippen LogP contribution is 2.28. The van der Waals surface area contributed by atoms with Crippen LogP contribution in [-0.2, 0) is 4.79 Å². The number of anilines is 1. The Morgan fingerprint density at radius 3 is 2.29 bits per heavy atom. The van der Waals surface area contributed by atoms with Crippen molar-refractivity contribution in [1.29, 1.82) is 0 Å².